The van der Waals surface area contributed by atoms with Gasteiger partial charge in [0.15, 0.2) is 0 Å². The third kappa shape index (κ3) is 2.69. The summed E-state index contributed by atoms with van der Waals surface area (Å²) >= 11 is 0. The van der Waals surface area contributed by atoms with Gasteiger partial charge in [0.1, 0.15) is 0 Å². The Kier molecular flexibility index (Phi) is 4.62. The van der Waals surface area contributed by atoms with Gasteiger partial charge in [0.25, 0.3) is 0 Å². The second-order valence-electron chi connectivity index (χ2n) is 5.10. The molecule has 2 fully saturated rings. The minimum absolute atomic E-state index is 0. The Hall–Kier alpha value is -0.280. The Balaban J connectivity index is 0.00000128. The minimum atomic E-state index is -0.232. The lowest BCUT2D eigenvalue weighted by Gasteiger charge is -2.31. The summed E-state index contributed by atoms with van der Waals surface area (Å²) < 4.78 is 0. The van der Waals surface area contributed by atoms with Gasteiger partial charge in [0.2, 0.25) is 5.91 Å². The quantitative estimate of drug-likeness (QED) is 0.821. The standard InChI is InChI=1S/C12H22N2O.ClH/c1-3-12(7-4-8-13-12)11(15)14(2)9-10-5-6-10;/h10,13H,3-9H2,1-2H3;1H. The fraction of sp³-hybridized carbons (Fsp3) is 0.917. The molecule has 0 aromatic rings. The fourth-order valence-electron chi connectivity index (χ4n) is 2.58. The van der Waals surface area contributed by atoms with Crippen LogP contribution in [0.1, 0.15) is 39.0 Å². The molecule has 1 saturated heterocycles. The van der Waals surface area contributed by atoms with E-state index in [1.807, 2.05) is 11.9 Å². The van der Waals surface area contributed by atoms with Crippen LogP contribution in [0.4, 0.5) is 0 Å². The van der Waals surface area contributed by atoms with Crippen molar-refractivity contribution < 1.29 is 4.79 Å². The Morgan fingerprint density at radius 2 is 2.19 bits per heavy atom. The smallest absolute Gasteiger partial charge is 0.242 e. The van der Waals surface area contributed by atoms with Gasteiger partial charge in [-0.25, -0.2) is 0 Å². The van der Waals surface area contributed by atoms with E-state index < -0.39 is 0 Å². The lowest BCUT2D eigenvalue weighted by atomic mass is 9.92. The average molecular weight is 247 g/mol. The number of amides is 1. The molecule has 0 spiro atoms. The first kappa shape index (κ1) is 13.8. The molecule has 1 unspecified atom stereocenters. The van der Waals surface area contributed by atoms with Crippen LogP contribution in [0.3, 0.4) is 0 Å². The number of halogens is 1. The second kappa shape index (κ2) is 5.37. The van der Waals surface area contributed by atoms with Gasteiger partial charge in [-0.05, 0) is 44.6 Å². The molecule has 3 nitrogen and oxygen atoms in total. The van der Waals surface area contributed by atoms with Crippen molar-refractivity contribution in [2.75, 3.05) is 20.1 Å². The molecule has 1 aliphatic carbocycles. The minimum Gasteiger partial charge on any atom is -0.344 e. The maximum absolute atomic E-state index is 12.3. The van der Waals surface area contributed by atoms with Gasteiger partial charge in [-0.2, -0.15) is 0 Å². The van der Waals surface area contributed by atoms with Crippen LogP contribution in [-0.2, 0) is 4.79 Å². The maximum atomic E-state index is 12.3. The summed E-state index contributed by atoms with van der Waals surface area (Å²) in [5.74, 6) is 1.10. The highest BCUT2D eigenvalue weighted by atomic mass is 35.5. The first-order valence-electron chi connectivity index (χ1n) is 6.18. The third-order valence-corrected chi connectivity index (χ3v) is 3.83. The number of likely N-dealkylation sites (N-methyl/N-ethyl adjacent to an activating group) is 1. The normalized spacial score (nSPS) is 28.6. The summed E-state index contributed by atoms with van der Waals surface area (Å²) in [5.41, 5.74) is -0.232. The molecule has 1 amide bonds. The highest BCUT2D eigenvalue weighted by Crippen LogP contribution is 2.31. The summed E-state index contributed by atoms with van der Waals surface area (Å²) in [6.45, 7) is 4.07. The van der Waals surface area contributed by atoms with E-state index >= 15 is 0 Å². The summed E-state index contributed by atoms with van der Waals surface area (Å²) in [5, 5.41) is 3.40. The van der Waals surface area contributed by atoms with Gasteiger partial charge in [-0.1, -0.05) is 6.92 Å². The SMILES string of the molecule is CCC1(C(=O)N(C)CC2CC2)CCCN1.Cl. The molecule has 0 aromatic carbocycles. The predicted octanol–water partition coefficient (Wildman–Crippen LogP) is 1.81. The number of carbonyl (C=O) groups is 1. The van der Waals surface area contributed by atoms with E-state index in [1.165, 1.54) is 12.8 Å². The van der Waals surface area contributed by atoms with Crippen molar-refractivity contribution in [2.24, 2.45) is 5.92 Å². The Bertz CT molecular complexity index is 247. The summed E-state index contributed by atoms with van der Waals surface area (Å²) in [6.07, 6.45) is 5.68. The van der Waals surface area contributed by atoms with Crippen LogP contribution in [0.5, 0.6) is 0 Å². The molecule has 0 bridgehead atoms. The van der Waals surface area contributed by atoms with E-state index in [2.05, 4.69) is 12.2 Å². The number of nitrogens with zero attached hydrogens (tertiary/aromatic N) is 1. The van der Waals surface area contributed by atoms with Crippen molar-refractivity contribution >= 4 is 18.3 Å². The number of rotatable bonds is 4. The first-order valence-corrected chi connectivity index (χ1v) is 6.18. The molecular weight excluding hydrogens is 224 g/mol. The maximum Gasteiger partial charge on any atom is 0.242 e. The predicted molar refractivity (Wildman–Crippen MR) is 67.9 cm³/mol. The highest BCUT2D eigenvalue weighted by Gasteiger charge is 2.41. The summed E-state index contributed by atoms with van der Waals surface area (Å²) in [6, 6.07) is 0. The first-order chi connectivity index (χ1) is 7.18. The molecule has 1 saturated carbocycles. The van der Waals surface area contributed by atoms with Crippen LogP contribution in [0.15, 0.2) is 0 Å². The topological polar surface area (TPSA) is 32.3 Å². The van der Waals surface area contributed by atoms with Gasteiger partial charge in [0, 0.05) is 13.6 Å². The van der Waals surface area contributed by atoms with Crippen LogP contribution in [0.25, 0.3) is 0 Å². The number of nitrogens with one attached hydrogen (secondary N) is 1. The Labute approximate surface area is 104 Å². The third-order valence-electron chi connectivity index (χ3n) is 3.83. The molecule has 1 N–H and O–H groups in total. The lowest BCUT2D eigenvalue weighted by molar-refractivity contribution is -0.136. The molecule has 4 heteroatoms. The second-order valence-corrected chi connectivity index (χ2v) is 5.10. The van der Waals surface area contributed by atoms with E-state index in [1.54, 1.807) is 0 Å². The molecule has 2 rings (SSSR count). The average Bonchev–Trinajstić information content (AvgIpc) is 2.92. The van der Waals surface area contributed by atoms with Gasteiger partial charge < -0.3 is 10.2 Å². The van der Waals surface area contributed by atoms with Gasteiger partial charge in [0.05, 0.1) is 5.54 Å². The van der Waals surface area contributed by atoms with Crippen LogP contribution in [0, 0.1) is 5.92 Å². The summed E-state index contributed by atoms with van der Waals surface area (Å²) in [4.78, 5) is 14.3. The zero-order valence-electron chi connectivity index (χ0n) is 10.3. The van der Waals surface area contributed by atoms with Crippen molar-refractivity contribution in [3.05, 3.63) is 0 Å². The van der Waals surface area contributed by atoms with Crippen molar-refractivity contribution in [3.63, 3.8) is 0 Å². The van der Waals surface area contributed by atoms with Gasteiger partial charge in [-0.15, -0.1) is 12.4 Å². The number of carbonyl (C=O) groups excluding carboxylic acids is 1. The Morgan fingerprint density at radius 3 is 2.62 bits per heavy atom. The molecule has 1 aliphatic heterocycles. The van der Waals surface area contributed by atoms with E-state index in [-0.39, 0.29) is 17.9 Å². The van der Waals surface area contributed by atoms with E-state index in [4.69, 9.17) is 0 Å². The van der Waals surface area contributed by atoms with E-state index in [9.17, 15) is 4.79 Å². The van der Waals surface area contributed by atoms with Crippen molar-refractivity contribution in [2.45, 2.75) is 44.6 Å². The van der Waals surface area contributed by atoms with E-state index in [0.29, 0.717) is 5.91 Å². The largest absolute Gasteiger partial charge is 0.344 e. The van der Waals surface area contributed by atoms with Crippen molar-refractivity contribution in [3.8, 4) is 0 Å². The van der Waals surface area contributed by atoms with E-state index in [0.717, 1.165) is 38.3 Å². The molecule has 16 heavy (non-hydrogen) atoms. The molecule has 94 valence electrons. The van der Waals surface area contributed by atoms with Crippen LogP contribution in [0.2, 0.25) is 0 Å². The highest BCUT2D eigenvalue weighted by molar-refractivity contribution is 5.86. The number of hydrogen-bond acceptors (Lipinski definition) is 2. The lowest BCUT2D eigenvalue weighted by Crippen LogP contribution is -2.53. The van der Waals surface area contributed by atoms with Crippen LogP contribution in [-0.4, -0.2) is 36.5 Å². The monoisotopic (exact) mass is 246 g/mol. The van der Waals surface area contributed by atoms with Crippen LogP contribution >= 0.6 is 12.4 Å². The van der Waals surface area contributed by atoms with Gasteiger partial charge in [-0.3, -0.25) is 4.79 Å². The van der Waals surface area contributed by atoms with Gasteiger partial charge >= 0.3 is 0 Å². The Morgan fingerprint density at radius 1 is 1.50 bits per heavy atom. The zero-order valence-corrected chi connectivity index (χ0v) is 11.1. The molecule has 1 heterocycles. The number of hydrogen-bond donors (Lipinski definition) is 1. The summed E-state index contributed by atoms with van der Waals surface area (Å²) in [7, 11) is 1.96. The molecule has 1 atom stereocenters. The molecular formula is C12H23ClN2O. The van der Waals surface area contributed by atoms with Crippen molar-refractivity contribution in [1.29, 1.82) is 0 Å². The molecule has 2 aliphatic rings. The van der Waals surface area contributed by atoms with Crippen molar-refractivity contribution in [1.82, 2.24) is 10.2 Å². The molecule has 0 aromatic heterocycles. The molecule has 0 radical (unpaired) electrons. The fourth-order valence-corrected chi connectivity index (χ4v) is 2.58. The van der Waals surface area contributed by atoms with Crippen LogP contribution < -0.4 is 5.32 Å². The zero-order chi connectivity index (χ0) is 10.9.